The molecule has 0 atom stereocenters. The summed E-state index contributed by atoms with van der Waals surface area (Å²) in [7, 11) is -2.99. The molecule has 0 saturated carbocycles. The quantitative estimate of drug-likeness (QED) is 0.482. The summed E-state index contributed by atoms with van der Waals surface area (Å²) in [5.41, 5.74) is 1.09. The van der Waals surface area contributed by atoms with Crippen LogP contribution in [0.4, 0.5) is 4.39 Å². The van der Waals surface area contributed by atoms with Gasteiger partial charge in [0.25, 0.3) is 0 Å². The normalized spacial score (nSPS) is 13.0. The number of halogens is 1. The van der Waals surface area contributed by atoms with Gasteiger partial charge in [0.05, 0.1) is 16.1 Å². The van der Waals surface area contributed by atoms with Crippen molar-refractivity contribution < 1.29 is 4.39 Å². The first-order chi connectivity index (χ1) is 9.09. The standard InChI is InChI=1S/C16H31FSSi2/c1-8-9-10-11-12-13-14(17)16(20(5,6)7)18-15(13)19(2,3)4/h8-12H2,1-7H3. The molecule has 0 nitrogen and oxygen atoms in total. The summed E-state index contributed by atoms with van der Waals surface area (Å²) < 4.78 is 17.4. The van der Waals surface area contributed by atoms with Crippen LogP contribution in [0.5, 0.6) is 0 Å². The molecule has 1 heterocycles. The predicted octanol–water partition coefficient (Wildman–Crippen LogP) is 5.10. The fraction of sp³-hybridized carbons (Fsp3) is 0.750. The second kappa shape index (κ2) is 6.88. The zero-order valence-electron chi connectivity index (χ0n) is 14.3. The van der Waals surface area contributed by atoms with Gasteiger partial charge in [0.1, 0.15) is 5.82 Å². The lowest BCUT2D eigenvalue weighted by Crippen LogP contribution is -2.39. The van der Waals surface area contributed by atoms with E-state index in [1.165, 1.54) is 23.8 Å². The van der Waals surface area contributed by atoms with E-state index in [-0.39, 0.29) is 5.82 Å². The summed E-state index contributed by atoms with van der Waals surface area (Å²) in [6, 6.07) is 0. The number of rotatable bonds is 7. The first-order valence-corrected chi connectivity index (χ1v) is 15.7. The molecule has 1 aromatic heterocycles. The molecule has 4 heteroatoms. The molecule has 0 aliphatic carbocycles. The van der Waals surface area contributed by atoms with E-state index in [2.05, 4.69) is 46.2 Å². The van der Waals surface area contributed by atoms with Gasteiger partial charge in [0, 0.05) is 4.50 Å². The van der Waals surface area contributed by atoms with Crippen LogP contribution in [0.25, 0.3) is 0 Å². The molecule has 0 N–H and O–H groups in total. The third kappa shape index (κ3) is 4.53. The molecule has 0 unspecified atom stereocenters. The van der Waals surface area contributed by atoms with Gasteiger partial charge in [-0.2, -0.15) is 11.3 Å². The fourth-order valence-electron chi connectivity index (χ4n) is 2.49. The Morgan fingerprint density at radius 1 is 0.850 bits per heavy atom. The fourth-order valence-corrected chi connectivity index (χ4v) is 8.53. The van der Waals surface area contributed by atoms with Crippen LogP contribution in [-0.4, -0.2) is 16.1 Å². The van der Waals surface area contributed by atoms with Gasteiger partial charge in [0.2, 0.25) is 0 Å². The maximum atomic E-state index is 14.9. The highest BCUT2D eigenvalue weighted by atomic mass is 32.1. The van der Waals surface area contributed by atoms with Crippen molar-refractivity contribution in [2.45, 2.75) is 78.3 Å². The van der Waals surface area contributed by atoms with Crippen molar-refractivity contribution in [2.75, 3.05) is 0 Å². The minimum absolute atomic E-state index is 0.170. The van der Waals surface area contributed by atoms with E-state index in [1.807, 2.05) is 11.3 Å². The molecule has 1 rings (SSSR count). The monoisotopic (exact) mass is 330 g/mol. The maximum Gasteiger partial charge on any atom is 0.135 e. The van der Waals surface area contributed by atoms with Gasteiger partial charge in [0.15, 0.2) is 0 Å². The van der Waals surface area contributed by atoms with Crippen LogP contribution in [0.2, 0.25) is 39.3 Å². The number of unbranched alkanes of at least 4 members (excludes halogenated alkanes) is 3. The van der Waals surface area contributed by atoms with E-state index in [0.717, 1.165) is 22.9 Å². The Bertz CT molecular complexity index is 439. The Labute approximate surface area is 130 Å². The average molecular weight is 331 g/mol. The van der Waals surface area contributed by atoms with Gasteiger partial charge >= 0.3 is 0 Å². The highest BCUT2D eigenvalue weighted by Crippen LogP contribution is 2.21. The molecule has 0 amide bonds. The number of hydrogen-bond acceptors (Lipinski definition) is 1. The average Bonchev–Trinajstić information content (AvgIpc) is 2.61. The Morgan fingerprint density at radius 2 is 1.40 bits per heavy atom. The highest BCUT2D eigenvalue weighted by molar-refractivity contribution is 7.35. The first kappa shape index (κ1) is 18.1. The van der Waals surface area contributed by atoms with E-state index < -0.39 is 16.1 Å². The molecule has 0 saturated heterocycles. The van der Waals surface area contributed by atoms with Crippen LogP contribution in [-0.2, 0) is 6.42 Å². The topological polar surface area (TPSA) is 0 Å². The summed E-state index contributed by atoms with van der Waals surface area (Å²) in [5, 5.41) is 0. The van der Waals surface area contributed by atoms with Crippen molar-refractivity contribution in [3.8, 4) is 0 Å². The smallest absolute Gasteiger partial charge is 0.135 e. The second-order valence-electron chi connectivity index (χ2n) is 7.86. The SMILES string of the molecule is CCCCCCc1c([Si](C)(C)C)sc([Si](C)(C)C)c1F. The van der Waals surface area contributed by atoms with Crippen LogP contribution in [0.3, 0.4) is 0 Å². The Balaban J connectivity index is 3.09. The van der Waals surface area contributed by atoms with Crippen molar-refractivity contribution >= 4 is 36.5 Å². The Hall–Kier alpha value is 0.0638. The van der Waals surface area contributed by atoms with Crippen LogP contribution < -0.4 is 9.00 Å². The Kier molecular flexibility index (Phi) is 6.23. The lowest BCUT2D eigenvalue weighted by Gasteiger charge is -2.16. The predicted molar refractivity (Wildman–Crippen MR) is 98.1 cm³/mol. The minimum atomic E-state index is -1.56. The van der Waals surface area contributed by atoms with E-state index in [4.69, 9.17) is 0 Å². The highest BCUT2D eigenvalue weighted by Gasteiger charge is 2.32. The molecule has 0 bridgehead atoms. The van der Waals surface area contributed by atoms with E-state index in [9.17, 15) is 4.39 Å². The van der Waals surface area contributed by atoms with Crippen LogP contribution in [0, 0.1) is 5.82 Å². The lowest BCUT2D eigenvalue weighted by atomic mass is 10.1. The number of thiophene rings is 1. The van der Waals surface area contributed by atoms with Crippen LogP contribution in [0.15, 0.2) is 0 Å². The first-order valence-electron chi connectivity index (χ1n) is 7.91. The van der Waals surface area contributed by atoms with Crippen molar-refractivity contribution in [2.24, 2.45) is 0 Å². The maximum absolute atomic E-state index is 14.9. The molecule has 1 aromatic rings. The summed E-state index contributed by atoms with van der Waals surface area (Å²) in [5.74, 6) is 0.170. The van der Waals surface area contributed by atoms with Crippen LogP contribution >= 0.6 is 11.3 Å². The molecule has 0 aliphatic rings. The largest absolute Gasteiger partial charge is 0.206 e. The van der Waals surface area contributed by atoms with Gasteiger partial charge in [-0.1, -0.05) is 65.5 Å². The Morgan fingerprint density at radius 3 is 1.85 bits per heavy atom. The molecule has 0 aromatic carbocycles. The molecule has 20 heavy (non-hydrogen) atoms. The minimum Gasteiger partial charge on any atom is -0.206 e. The van der Waals surface area contributed by atoms with Crippen molar-refractivity contribution in [1.82, 2.24) is 0 Å². The molecular formula is C16H31FSSi2. The summed E-state index contributed by atoms with van der Waals surface area (Å²) in [4.78, 5) is 0. The molecule has 0 fully saturated rings. The van der Waals surface area contributed by atoms with Gasteiger partial charge in [-0.05, 0) is 22.9 Å². The van der Waals surface area contributed by atoms with E-state index in [1.54, 1.807) is 0 Å². The molecule has 0 aliphatic heterocycles. The lowest BCUT2D eigenvalue weighted by molar-refractivity contribution is 0.605. The van der Waals surface area contributed by atoms with Crippen molar-refractivity contribution in [1.29, 1.82) is 0 Å². The van der Waals surface area contributed by atoms with Gasteiger partial charge < -0.3 is 0 Å². The van der Waals surface area contributed by atoms with Gasteiger partial charge in [-0.25, -0.2) is 4.39 Å². The van der Waals surface area contributed by atoms with Gasteiger partial charge in [-0.15, -0.1) is 0 Å². The second-order valence-corrected chi connectivity index (χ2v) is 19.6. The zero-order chi connectivity index (χ0) is 15.6. The third-order valence-electron chi connectivity index (χ3n) is 3.59. The molecule has 0 radical (unpaired) electrons. The summed E-state index contributed by atoms with van der Waals surface area (Å²) >= 11 is 1.81. The molecule has 116 valence electrons. The summed E-state index contributed by atoms with van der Waals surface area (Å²) in [6.07, 6.45) is 5.85. The third-order valence-corrected chi connectivity index (χ3v) is 12.0. The van der Waals surface area contributed by atoms with Gasteiger partial charge in [-0.3, -0.25) is 0 Å². The van der Waals surface area contributed by atoms with Crippen molar-refractivity contribution in [3.63, 3.8) is 0 Å². The van der Waals surface area contributed by atoms with E-state index in [0.29, 0.717) is 0 Å². The zero-order valence-corrected chi connectivity index (χ0v) is 17.1. The van der Waals surface area contributed by atoms with Crippen LogP contribution in [0.1, 0.15) is 38.2 Å². The van der Waals surface area contributed by atoms with Crippen molar-refractivity contribution in [3.05, 3.63) is 11.4 Å². The number of hydrogen-bond donors (Lipinski definition) is 0. The summed E-state index contributed by atoms with van der Waals surface area (Å²) in [6.45, 7) is 16.1. The van der Waals surface area contributed by atoms with E-state index >= 15 is 0 Å². The molecular weight excluding hydrogens is 299 g/mol. The molecule has 0 spiro atoms.